The van der Waals surface area contributed by atoms with Crippen LogP contribution in [0.25, 0.3) is 0 Å². The lowest BCUT2D eigenvalue weighted by molar-refractivity contribution is -0.138. The Morgan fingerprint density at radius 1 is 0.868 bits per heavy atom. The maximum atomic E-state index is 13.1. The van der Waals surface area contributed by atoms with Crippen LogP contribution in [0.4, 0.5) is 37.7 Å². The molecule has 2 aliphatic rings. The van der Waals surface area contributed by atoms with E-state index in [4.69, 9.17) is 18.0 Å². The molecule has 3 N–H and O–H groups in total. The Hall–Kier alpha value is -2.53. The molecule has 0 aromatic heterocycles. The van der Waals surface area contributed by atoms with Gasteiger partial charge in [0.05, 0.1) is 16.1 Å². The molecule has 2 saturated heterocycles. The molecule has 0 spiro atoms. The summed E-state index contributed by atoms with van der Waals surface area (Å²) in [5.74, 6) is 0.264. The highest BCUT2D eigenvalue weighted by molar-refractivity contribution is 7.80. The van der Waals surface area contributed by atoms with Gasteiger partial charge >= 0.3 is 12.4 Å². The van der Waals surface area contributed by atoms with Crippen molar-refractivity contribution in [2.24, 2.45) is 0 Å². The Kier molecular flexibility index (Phi) is 8.76. The first-order valence-corrected chi connectivity index (χ1v) is 13.2. The van der Waals surface area contributed by atoms with Crippen LogP contribution >= 0.6 is 12.2 Å². The molecule has 2 fully saturated rings. The van der Waals surface area contributed by atoms with Gasteiger partial charge in [0, 0.05) is 43.5 Å². The summed E-state index contributed by atoms with van der Waals surface area (Å²) in [6.45, 7) is 4.08. The first kappa shape index (κ1) is 28.5. The Labute approximate surface area is 224 Å². The molecule has 11 heteroatoms. The van der Waals surface area contributed by atoms with Crippen molar-refractivity contribution >= 4 is 28.6 Å². The number of likely N-dealkylation sites (tertiary alicyclic amines) is 2. The average molecular weight is 559 g/mol. The minimum Gasteiger partial charge on any atom is -0.398 e. The summed E-state index contributed by atoms with van der Waals surface area (Å²) in [4.78, 5) is 5.41. The van der Waals surface area contributed by atoms with Crippen LogP contribution in [-0.4, -0.2) is 53.6 Å². The Balaban J connectivity index is 1.17. The highest BCUT2D eigenvalue weighted by Gasteiger charge is 2.33. The predicted molar refractivity (Wildman–Crippen MR) is 141 cm³/mol. The predicted octanol–water partition coefficient (Wildman–Crippen LogP) is 6.78. The molecule has 0 radical (unpaired) electrons. The van der Waals surface area contributed by atoms with Crippen molar-refractivity contribution in [2.45, 2.75) is 56.4 Å². The molecule has 4 nitrogen and oxygen atoms in total. The number of anilines is 2. The fourth-order valence-corrected chi connectivity index (χ4v) is 5.52. The lowest BCUT2D eigenvalue weighted by atomic mass is 9.89. The number of nitrogen functional groups attached to an aromatic ring is 1. The SMILES string of the molecule is Nc1ccc(NC2CCN(C(=S)CCN3CCC(c4ccc(C(F)(F)F)cc4)CC3)CC2)cc1C(F)(F)F. The number of benzene rings is 2. The van der Waals surface area contributed by atoms with E-state index in [1.807, 2.05) is 0 Å². The minimum atomic E-state index is -4.49. The van der Waals surface area contributed by atoms with Crippen LogP contribution in [0.15, 0.2) is 42.5 Å². The first-order chi connectivity index (χ1) is 17.9. The van der Waals surface area contributed by atoms with E-state index in [0.717, 1.165) is 93.6 Å². The van der Waals surface area contributed by atoms with Gasteiger partial charge in [-0.3, -0.25) is 0 Å². The summed E-state index contributed by atoms with van der Waals surface area (Å²) in [5.41, 5.74) is 5.12. The second-order valence-electron chi connectivity index (χ2n) is 10.1. The Morgan fingerprint density at radius 3 is 2.08 bits per heavy atom. The molecule has 2 heterocycles. The van der Waals surface area contributed by atoms with Gasteiger partial charge < -0.3 is 20.9 Å². The quantitative estimate of drug-likeness (QED) is 0.233. The van der Waals surface area contributed by atoms with Gasteiger partial charge in [-0.2, -0.15) is 26.3 Å². The molecule has 0 bridgehead atoms. The van der Waals surface area contributed by atoms with E-state index in [-0.39, 0.29) is 17.6 Å². The van der Waals surface area contributed by atoms with Crippen LogP contribution in [0, 0.1) is 0 Å². The molecular formula is C27H32F6N4S. The zero-order valence-corrected chi connectivity index (χ0v) is 21.7. The zero-order chi connectivity index (χ0) is 27.5. The number of nitrogens with two attached hydrogens (primary N) is 1. The van der Waals surface area contributed by atoms with E-state index in [1.54, 1.807) is 18.2 Å². The van der Waals surface area contributed by atoms with Crippen molar-refractivity contribution in [2.75, 3.05) is 43.8 Å². The summed E-state index contributed by atoms with van der Waals surface area (Å²) in [6.07, 6.45) is -4.72. The maximum Gasteiger partial charge on any atom is 0.418 e. The third-order valence-electron chi connectivity index (χ3n) is 7.52. The summed E-state index contributed by atoms with van der Waals surface area (Å²) >= 11 is 5.67. The van der Waals surface area contributed by atoms with Gasteiger partial charge in [-0.05, 0) is 80.6 Å². The number of alkyl halides is 6. The third kappa shape index (κ3) is 7.31. The van der Waals surface area contributed by atoms with Crippen molar-refractivity contribution in [3.8, 4) is 0 Å². The van der Waals surface area contributed by atoms with Crippen LogP contribution in [0.5, 0.6) is 0 Å². The number of thiocarbonyl (C=S) groups is 1. The number of piperidine rings is 2. The van der Waals surface area contributed by atoms with Crippen LogP contribution < -0.4 is 11.1 Å². The van der Waals surface area contributed by atoms with Crippen molar-refractivity contribution in [3.63, 3.8) is 0 Å². The molecular weight excluding hydrogens is 526 g/mol. The van der Waals surface area contributed by atoms with Gasteiger partial charge in [0.15, 0.2) is 0 Å². The largest absolute Gasteiger partial charge is 0.418 e. The topological polar surface area (TPSA) is 44.5 Å². The van der Waals surface area contributed by atoms with E-state index in [0.29, 0.717) is 5.69 Å². The highest BCUT2D eigenvalue weighted by Crippen LogP contribution is 2.36. The molecule has 2 aromatic carbocycles. The van der Waals surface area contributed by atoms with Gasteiger partial charge in [0.1, 0.15) is 0 Å². The molecule has 0 amide bonds. The second kappa shape index (κ2) is 11.7. The van der Waals surface area contributed by atoms with Crippen molar-refractivity contribution in [1.82, 2.24) is 9.80 Å². The second-order valence-corrected chi connectivity index (χ2v) is 10.6. The van der Waals surface area contributed by atoms with E-state index < -0.39 is 23.5 Å². The van der Waals surface area contributed by atoms with Crippen LogP contribution in [0.1, 0.15) is 54.7 Å². The number of hydrogen-bond acceptors (Lipinski definition) is 4. The van der Waals surface area contributed by atoms with Crippen molar-refractivity contribution in [3.05, 3.63) is 59.2 Å². The summed E-state index contributed by atoms with van der Waals surface area (Å²) in [5, 5.41) is 3.20. The Morgan fingerprint density at radius 2 is 1.50 bits per heavy atom. The lowest BCUT2D eigenvalue weighted by Crippen LogP contribution is -2.43. The molecule has 38 heavy (non-hydrogen) atoms. The highest BCUT2D eigenvalue weighted by atomic mass is 32.1. The fourth-order valence-electron chi connectivity index (χ4n) is 5.25. The number of halogens is 6. The van der Waals surface area contributed by atoms with E-state index in [9.17, 15) is 26.3 Å². The number of rotatable bonds is 6. The Bertz CT molecular complexity index is 1090. The molecule has 2 aliphatic heterocycles. The van der Waals surface area contributed by atoms with Gasteiger partial charge in [-0.15, -0.1) is 0 Å². The van der Waals surface area contributed by atoms with Gasteiger partial charge in [0.2, 0.25) is 0 Å². The summed E-state index contributed by atoms with van der Waals surface area (Å²) < 4.78 is 77.8. The van der Waals surface area contributed by atoms with Gasteiger partial charge in [-0.25, -0.2) is 0 Å². The molecule has 0 atom stereocenters. The number of hydrogen-bond donors (Lipinski definition) is 2. The summed E-state index contributed by atoms with van der Waals surface area (Å²) in [7, 11) is 0. The molecule has 4 rings (SSSR count). The molecule has 0 unspecified atom stereocenters. The smallest absolute Gasteiger partial charge is 0.398 e. The molecule has 0 aliphatic carbocycles. The van der Waals surface area contributed by atoms with Crippen LogP contribution in [0.3, 0.4) is 0 Å². The summed E-state index contributed by atoms with van der Waals surface area (Å²) in [6, 6.07) is 9.49. The fraction of sp³-hybridized carbons (Fsp3) is 0.519. The average Bonchev–Trinajstić information content (AvgIpc) is 2.88. The normalized spacial score (nSPS) is 18.5. The van der Waals surface area contributed by atoms with Crippen molar-refractivity contribution in [1.29, 1.82) is 0 Å². The van der Waals surface area contributed by atoms with Crippen molar-refractivity contribution < 1.29 is 26.3 Å². The zero-order valence-electron chi connectivity index (χ0n) is 20.9. The number of nitrogens with zero attached hydrogens (tertiary/aromatic N) is 2. The monoisotopic (exact) mass is 558 g/mol. The molecule has 208 valence electrons. The van der Waals surface area contributed by atoms with E-state index in [2.05, 4.69) is 15.1 Å². The van der Waals surface area contributed by atoms with Crippen LogP contribution in [-0.2, 0) is 12.4 Å². The van der Waals surface area contributed by atoms with E-state index >= 15 is 0 Å². The standard InChI is InChI=1S/C27H32F6N4S/c28-26(29,30)20-3-1-18(2-4-20)19-7-12-36(13-8-19)14-11-25(38)37-15-9-21(10-16-37)35-22-5-6-24(34)23(17-22)27(31,32)33/h1-6,17,19,21,35H,7-16,34H2. The van der Waals surface area contributed by atoms with Gasteiger partial charge in [-0.1, -0.05) is 24.4 Å². The van der Waals surface area contributed by atoms with E-state index in [1.165, 1.54) is 6.07 Å². The first-order valence-electron chi connectivity index (χ1n) is 12.8. The van der Waals surface area contributed by atoms with Gasteiger partial charge in [0.25, 0.3) is 0 Å². The van der Waals surface area contributed by atoms with Crippen LogP contribution in [0.2, 0.25) is 0 Å². The lowest BCUT2D eigenvalue weighted by Gasteiger charge is -2.36. The molecule has 0 saturated carbocycles. The minimum absolute atomic E-state index is 0.0583. The third-order valence-corrected chi connectivity index (χ3v) is 7.98. The maximum absolute atomic E-state index is 13.1. The molecule has 2 aromatic rings. The number of nitrogens with one attached hydrogen (secondary N) is 1.